The second-order valence-electron chi connectivity index (χ2n) is 6.92. The molecule has 108 valence electrons. The highest BCUT2D eigenvalue weighted by molar-refractivity contribution is 6.24. The molecule has 0 aromatic heterocycles. The van der Waals surface area contributed by atoms with Gasteiger partial charge in [-0.1, -0.05) is 29.8 Å². The van der Waals surface area contributed by atoms with Gasteiger partial charge in [-0.05, 0) is 50.7 Å². The molecule has 2 bridgehead atoms. The van der Waals surface area contributed by atoms with Crippen molar-refractivity contribution < 1.29 is 9.59 Å². The second kappa shape index (κ2) is 3.85. The minimum Gasteiger partial charge on any atom is -0.274 e. The summed E-state index contributed by atoms with van der Waals surface area (Å²) in [5, 5.41) is 0. The molecule has 21 heavy (non-hydrogen) atoms. The van der Waals surface area contributed by atoms with Gasteiger partial charge in [0.25, 0.3) is 0 Å². The number of benzene rings is 1. The number of carbonyl (C=O) groups is 2. The highest BCUT2D eigenvalue weighted by Crippen LogP contribution is 2.61. The molecule has 2 fully saturated rings. The van der Waals surface area contributed by atoms with E-state index in [1.165, 1.54) is 4.90 Å². The highest BCUT2D eigenvalue weighted by Gasteiger charge is 2.67. The Morgan fingerprint density at radius 2 is 1.95 bits per heavy atom. The highest BCUT2D eigenvalue weighted by atomic mass is 16.2. The van der Waals surface area contributed by atoms with Gasteiger partial charge in [-0.3, -0.25) is 9.59 Å². The lowest BCUT2D eigenvalue weighted by Crippen LogP contribution is -2.37. The molecular formula is C18H19NO2. The van der Waals surface area contributed by atoms with E-state index in [1.807, 2.05) is 39.0 Å². The Morgan fingerprint density at radius 1 is 1.19 bits per heavy atom. The van der Waals surface area contributed by atoms with Crippen molar-refractivity contribution in [2.75, 3.05) is 4.90 Å². The van der Waals surface area contributed by atoms with Gasteiger partial charge in [0.1, 0.15) is 0 Å². The van der Waals surface area contributed by atoms with Crippen LogP contribution in [0.15, 0.2) is 30.4 Å². The summed E-state index contributed by atoms with van der Waals surface area (Å²) in [5.74, 6) is 0.278. The quantitative estimate of drug-likeness (QED) is 0.586. The first-order chi connectivity index (χ1) is 9.94. The molecule has 3 aliphatic rings. The summed E-state index contributed by atoms with van der Waals surface area (Å²) in [4.78, 5) is 27.4. The van der Waals surface area contributed by atoms with Crippen LogP contribution in [0.5, 0.6) is 0 Å². The first-order valence-corrected chi connectivity index (χ1v) is 7.58. The van der Waals surface area contributed by atoms with Gasteiger partial charge in [-0.15, -0.1) is 0 Å². The summed E-state index contributed by atoms with van der Waals surface area (Å²) in [5.41, 5.74) is 2.35. The van der Waals surface area contributed by atoms with E-state index >= 15 is 0 Å². The van der Waals surface area contributed by atoms with Crippen molar-refractivity contribution in [1.82, 2.24) is 0 Å². The smallest absolute Gasteiger partial charge is 0.241 e. The Hall–Kier alpha value is -1.90. The largest absolute Gasteiger partial charge is 0.274 e. The molecule has 1 aromatic rings. The van der Waals surface area contributed by atoms with Crippen molar-refractivity contribution in [2.45, 2.75) is 27.2 Å². The molecule has 1 saturated heterocycles. The normalized spacial score (nSPS) is 36.7. The third-order valence-corrected chi connectivity index (χ3v) is 5.70. The number of imide groups is 1. The molecule has 3 nitrogen and oxygen atoms in total. The average molecular weight is 281 g/mol. The van der Waals surface area contributed by atoms with Crippen LogP contribution in [0.3, 0.4) is 0 Å². The predicted octanol–water partition coefficient (Wildman–Crippen LogP) is 3.01. The van der Waals surface area contributed by atoms with Crippen molar-refractivity contribution in [3.05, 3.63) is 41.5 Å². The zero-order chi connectivity index (χ0) is 14.9. The van der Waals surface area contributed by atoms with Crippen LogP contribution in [-0.4, -0.2) is 11.8 Å². The molecule has 2 amide bonds. The number of hydrogen-bond donors (Lipinski definition) is 0. The Balaban J connectivity index is 1.83. The number of rotatable bonds is 1. The number of amides is 2. The van der Waals surface area contributed by atoms with Crippen molar-refractivity contribution in [2.24, 2.45) is 23.2 Å². The van der Waals surface area contributed by atoms with E-state index in [0.717, 1.165) is 23.2 Å². The van der Waals surface area contributed by atoms with E-state index < -0.39 is 5.41 Å². The molecule has 0 N–H and O–H groups in total. The monoisotopic (exact) mass is 281 g/mol. The lowest BCUT2D eigenvalue weighted by molar-refractivity contribution is -0.127. The molecule has 4 rings (SSSR count). The maximum atomic E-state index is 13.0. The zero-order valence-electron chi connectivity index (χ0n) is 12.6. The molecule has 0 spiro atoms. The number of allylic oxidation sites excluding steroid dienone is 2. The van der Waals surface area contributed by atoms with Gasteiger partial charge in [0.05, 0.1) is 17.0 Å². The summed E-state index contributed by atoms with van der Waals surface area (Å²) in [7, 11) is 0. The summed E-state index contributed by atoms with van der Waals surface area (Å²) in [6.45, 7) is 5.96. The molecule has 1 aromatic carbocycles. The first-order valence-electron chi connectivity index (χ1n) is 7.58. The van der Waals surface area contributed by atoms with Crippen molar-refractivity contribution >= 4 is 17.5 Å². The topological polar surface area (TPSA) is 37.4 Å². The number of carbonyl (C=O) groups excluding carboxylic acids is 2. The molecule has 0 unspecified atom stereocenters. The summed E-state index contributed by atoms with van der Waals surface area (Å²) < 4.78 is 0. The van der Waals surface area contributed by atoms with Crippen LogP contribution in [0.25, 0.3) is 0 Å². The van der Waals surface area contributed by atoms with Gasteiger partial charge in [0.2, 0.25) is 11.8 Å². The van der Waals surface area contributed by atoms with Gasteiger partial charge in [0, 0.05) is 0 Å². The number of aryl methyl sites for hydroxylation is 2. The van der Waals surface area contributed by atoms with E-state index in [9.17, 15) is 9.59 Å². The van der Waals surface area contributed by atoms with Crippen LogP contribution in [-0.2, 0) is 9.59 Å². The summed E-state index contributed by atoms with van der Waals surface area (Å²) >= 11 is 0. The average Bonchev–Trinajstić information content (AvgIpc) is 3.05. The van der Waals surface area contributed by atoms with E-state index in [0.29, 0.717) is 0 Å². The Bertz CT molecular complexity index is 705. The molecule has 4 atom stereocenters. The van der Waals surface area contributed by atoms with Crippen LogP contribution in [0.2, 0.25) is 0 Å². The van der Waals surface area contributed by atoms with Gasteiger partial charge < -0.3 is 0 Å². The molecule has 1 heterocycles. The third-order valence-electron chi connectivity index (χ3n) is 5.70. The molecule has 0 radical (unpaired) electrons. The van der Waals surface area contributed by atoms with Crippen LogP contribution >= 0.6 is 0 Å². The molecule has 1 aliphatic heterocycles. The van der Waals surface area contributed by atoms with Gasteiger partial charge in [-0.25, -0.2) is 4.90 Å². The van der Waals surface area contributed by atoms with E-state index in [4.69, 9.17) is 0 Å². The molecular weight excluding hydrogens is 262 g/mol. The summed E-state index contributed by atoms with van der Waals surface area (Å²) in [6.07, 6.45) is 5.23. The van der Waals surface area contributed by atoms with E-state index in [2.05, 4.69) is 12.2 Å². The van der Waals surface area contributed by atoms with Crippen molar-refractivity contribution in [3.63, 3.8) is 0 Å². The minimum absolute atomic E-state index is 0.00805. The fourth-order valence-electron chi connectivity index (χ4n) is 4.59. The third kappa shape index (κ3) is 1.39. The number of anilines is 1. The van der Waals surface area contributed by atoms with Crippen LogP contribution in [0, 0.1) is 37.0 Å². The maximum absolute atomic E-state index is 13.0. The van der Waals surface area contributed by atoms with Gasteiger partial charge >= 0.3 is 0 Å². The number of nitrogens with zero attached hydrogens (tertiary/aromatic N) is 1. The number of hydrogen-bond acceptors (Lipinski definition) is 2. The zero-order valence-corrected chi connectivity index (χ0v) is 12.6. The SMILES string of the molecule is Cc1ccc(N2C(=O)[C@@H]3[C@@H]4C=C[C@@H](C4)[C@@]3(C)C2=O)c(C)c1. The maximum Gasteiger partial charge on any atom is 0.241 e. The minimum atomic E-state index is -0.534. The predicted molar refractivity (Wildman–Crippen MR) is 80.7 cm³/mol. The molecule has 1 saturated carbocycles. The van der Waals surface area contributed by atoms with Crippen molar-refractivity contribution in [1.29, 1.82) is 0 Å². The van der Waals surface area contributed by atoms with E-state index in [1.54, 1.807) is 0 Å². The molecule has 3 heteroatoms. The summed E-state index contributed by atoms with van der Waals surface area (Å²) in [6, 6.07) is 5.89. The second-order valence-corrected chi connectivity index (χ2v) is 6.92. The fourth-order valence-corrected chi connectivity index (χ4v) is 4.59. The first kappa shape index (κ1) is 12.8. The number of fused-ring (bicyclic) bond motifs is 5. The standard InChI is InChI=1S/C18H19NO2/c1-10-4-7-14(11(2)8-10)19-16(20)15-12-5-6-13(9-12)18(15,3)17(19)21/h4-8,12-13,15H,9H2,1-3H3/t12-,13+,15+,18-/m1/s1. The van der Waals surface area contributed by atoms with Gasteiger partial charge in [-0.2, -0.15) is 0 Å². The lowest BCUT2D eigenvalue weighted by atomic mass is 9.71. The van der Waals surface area contributed by atoms with Crippen LogP contribution in [0.1, 0.15) is 24.5 Å². The Labute approximate surface area is 124 Å². The van der Waals surface area contributed by atoms with Crippen LogP contribution in [0.4, 0.5) is 5.69 Å². The van der Waals surface area contributed by atoms with Crippen molar-refractivity contribution in [3.8, 4) is 0 Å². The van der Waals surface area contributed by atoms with Crippen LogP contribution < -0.4 is 4.90 Å². The van der Waals surface area contributed by atoms with Gasteiger partial charge in [0.15, 0.2) is 0 Å². The fraction of sp³-hybridized carbons (Fsp3) is 0.444. The Kier molecular flexibility index (Phi) is 2.35. The lowest BCUT2D eigenvalue weighted by Gasteiger charge is -2.28. The molecule has 2 aliphatic carbocycles. The van der Waals surface area contributed by atoms with E-state index in [-0.39, 0.29) is 29.6 Å². The Morgan fingerprint density at radius 3 is 2.62 bits per heavy atom.